The zero-order valence-electron chi connectivity index (χ0n) is 17.3. The molecule has 0 aliphatic heterocycles. The fourth-order valence-corrected chi connectivity index (χ4v) is 3.74. The summed E-state index contributed by atoms with van der Waals surface area (Å²) >= 11 is 0. The molecule has 7 nitrogen and oxygen atoms in total. The van der Waals surface area contributed by atoms with Gasteiger partial charge < -0.3 is 14.8 Å². The number of rotatable bonds is 10. The molecular weight excluding hydrogens is 392 g/mol. The average Bonchev–Trinajstić information content (AvgIpc) is 2.68. The van der Waals surface area contributed by atoms with E-state index in [2.05, 4.69) is 5.32 Å². The highest BCUT2D eigenvalue weighted by Gasteiger charge is 2.20. The molecule has 0 bridgehead atoms. The Labute approximate surface area is 172 Å². The summed E-state index contributed by atoms with van der Waals surface area (Å²) in [6.45, 7) is 4.66. The zero-order chi connectivity index (χ0) is 21.4. The van der Waals surface area contributed by atoms with Gasteiger partial charge >= 0.3 is 0 Å². The van der Waals surface area contributed by atoms with E-state index in [1.807, 2.05) is 31.2 Å². The molecule has 158 valence electrons. The lowest BCUT2D eigenvalue weighted by molar-refractivity contribution is -0.116. The smallest absolute Gasteiger partial charge is 0.242 e. The quantitative estimate of drug-likeness (QED) is 0.595. The number of benzene rings is 2. The standard InChI is InChI=1S/C21H28N2O5S/c1-5-27-18-10-12-19(13-11-18)28-14-6-7-21(24)22-17-9-8-16(2)20(15-17)29(25,26)23(3)4/h8-13,15H,5-7,14H2,1-4H3,(H,22,24). The Kier molecular flexibility index (Phi) is 8.04. The van der Waals surface area contributed by atoms with Crippen molar-refractivity contribution in [2.45, 2.75) is 31.6 Å². The fourth-order valence-electron chi connectivity index (χ4n) is 2.60. The molecular formula is C21H28N2O5S. The maximum absolute atomic E-state index is 12.4. The lowest BCUT2D eigenvalue weighted by atomic mass is 10.2. The van der Waals surface area contributed by atoms with E-state index in [9.17, 15) is 13.2 Å². The first-order valence-corrected chi connectivity index (χ1v) is 10.9. The number of carbonyl (C=O) groups is 1. The molecule has 0 fully saturated rings. The molecule has 0 heterocycles. The fraction of sp³-hybridized carbons (Fsp3) is 0.381. The van der Waals surface area contributed by atoms with Crippen LogP contribution in [0.15, 0.2) is 47.4 Å². The number of sulfonamides is 1. The van der Waals surface area contributed by atoms with Crippen molar-refractivity contribution in [3.63, 3.8) is 0 Å². The Balaban J connectivity index is 1.85. The summed E-state index contributed by atoms with van der Waals surface area (Å²) in [4.78, 5) is 12.4. The summed E-state index contributed by atoms with van der Waals surface area (Å²) in [6.07, 6.45) is 0.800. The molecule has 1 N–H and O–H groups in total. The minimum absolute atomic E-state index is 0.180. The first-order chi connectivity index (χ1) is 13.7. The second-order valence-corrected chi connectivity index (χ2v) is 8.79. The van der Waals surface area contributed by atoms with E-state index in [0.717, 1.165) is 10.1 Å². The molecule has 1 amide bonds. The summed E-state index contributed by atoms with van der Waals surface area (Å²) in [5, 5.41) is 2.75. The molecule has 0 saturated heterocycles. The summed E-state index contributed by atoms with van der Waals surface area (Å²) in [6, 6.07) is 12.2. The van der Waals surface area contributed by atoms with E-state index in [1.165, 1.54) is 20.2 Å². The number of amides is 1. The number of hydrogen-bond acceptors (Lipinski definition) is 5. The Hall–Kier alpha value is -2.58. The second-order valence-electron chi connectivity index (χ2n) is 6.67. The monoisotopic (exact) mass is 420 g/mol. The van der Waals surface area contributed by atoms with Gasteiger partial charge in [-0.25, -0.2) is 12.7 Å². The summed E-state index contributed by atoms with van der Waals surface area (Å²) in [5.74, 6) is 1.30. The van der Waals surface area contributed by atoms with Crippen LogP contribution < -0.4 is 14.8 Å². The molecule has 0 spiro atoms. The van der Waals surface area contributed by atoms with Gasteiger partial charge in [-0.05, 0) is 62.2 Å². The second kappa shape index (κ2) is 10.3. The minimum Gasteiger partial charge on any atom is -0.494 e. The Morgan fingerprint density at radius 2 is 1.66 bits per heavy atom. The third-order valence-electron chi connectivity index (χ3n) is 4.18. The number of aryl methyl sites for hydroxylation is 1. The van der Waals surface area contributed by atoms with Crippen LogP contribution in [0.25, 0.3) is 0 Å². The van der Waals surface area contributed by atoms with Crippen LogP contribution in [0, 0.1) is 6.92 Å². The van der Waals surface area contributed by atoms with E-state index < -0.39 is 10.0 Å². The van der Waals surface area contributed by atoms with Crippen molar-refractivity contribution in [3.8, 4) is 11.5 Å². The van der Waals surface area contributed by atoms with E-state index in [0.29, 0.717) is 36.6 Å². The van der Waals surface area contributed by atoms with Gasteiger partial charge in [0.1, 0.15) is 11.5 Å². The van der Waals surface area contributed by atoms with Gasteiger partial charge in [-0.15, -0.1) is 0 Å². The van der Waals surface area contributed by atoms with Crippen LogP contribution in [0.2, 0.25) is 0 Å². The molecule has 0 aliphatic carbocycles. The van der Waals surface area contributed by atoms with Crippen LogP contribution in [0.5, 0.6) is 11.5 Å². The lowest BCUT2D eigenvalue weighted by Gasteiger charge is -2.15. The number of nitrogens with zero attached hydrogens (tertiary/aromatic N) is 1. The minimum atomic E-state index is -3.57. The van der Waals surface area contributed by atoms with Crippen molar-refractivity contribution in [2.75, 3.05) is 32.6 Å². The first-order valence-electron chi connectivity index (χ1n) is 9.42. The maximum Gasteiger partial charge on any atom is 0.242 e. The molecule has 2 aromatic carbocycles. The highest BCUT2D eigenvalue weighted by Crippen LogP contribution is 2.22. The molecule has 2 aromatic rings. The van der Waals surface area contributed by atoms with Gasteiger partial charge in [-0.2, -0.15) is 0 Å². The number of anilines is 1. The van der Waals surface area contributed by atoms with Gasteiger partial charge in [0.05, 0.1) is 18.1 Å². The van der Waals surface area contributed by atoms with E-state index in [4.69, 9.17) is 9.47 Å². The van der Waals surface area contributed by atoms with Crippen molar-refractivity contribution in [2.24, 2.45) is 0 Å². The first kappa shape index (κ1) is 22.7. The summed E-state index contributed by atoms with van der Waals surface area (Å²) in [7, 11) is -0.618. The van der Waals surface area contributed by atoms with Gasteiger partial charge in [0, 0.05) is 26.2 Å². The molecule has 2 rings (SSSR count). The number of nitrogens with one attached hydrogen (secondary N) is 1. The van der Waals surface area contributed by atoms with Gasteiger partial charge in [0.15, 0.2) is 0 Å². The van der Waals surface area contributed by atoms with Crippen molar-refractivity contribution in [1.29, 1.82) is 0 Å². The highest BCUT2D eigenvalue weighted by atomic mass is 32.2. The Bertz CT molecular complexity index is 925. The molecule has 0 atom stereocenters. The lowest BCUT2D eigenvalue weighted by Crippen LogP contribution is -2.23. The highest BCUT2D eigenvalue weighted by molar-refractivity contribution is 7.89. The average molecular weight is 421 g/mol. The van der Waals surface area contributed by atoms with Crippen LogP contribution in [-0.2, 0) is 14.8 Å². The van der Waals surface area contributed by atoms with Crippen LogP contribution in [0.4, 0.5) is 5.69 Å². The molecule has 0 aromatic heterocycles. The molecule has 0 radical (unpaired) electrons. The number of hydrogen-bond donors (Lipinski definition) is 1. The normalized spacial score (nSPS) is 11.3. The van der Waals surface area contributed by atoms with Crippen molar-refractivity contribution >= 4 is 21.6 Å². The molecule has 0 unspecified atom stereocenters. The third kappa shape index (κ3) is 6.47. The maximum atomic E-state index is 12.4. The van der Waals surface area contributed by atoms with Crippen LogP contribution in [-0.4, -0.2) is 45.9 Å². The Morgan fingerprint density at radius 1 is 1.03 bits per heavy atom. The van der Waals surface area contributed by atoms with Gasteiger partial charge in [-0.1, -0.05) is 6.07 Å². The SMILES string of the molecule is CCOc1ccc(OCCCC(=O)Nc2ccc(C)c(S(=O)(=O)N(C)C)c2)cc1. The van der Waals surface area contributed by atoms with Crippen molar-refractivity contribution in [1.82, 2.24) is 4.31 Å². The third-order valence-corrected chi connectivity index (χ3v) is 6.14. The van der Waals surface area contributed by atoms with E-state index in [1.54, 1.807) is 19.1 Å². The van der Waals surface area contributed by atoms with Gasteiger partial charge in [-0.3, -0.25) is 4.79 Å². The van der Waals surface area contributed by atoms with E-state index >= 15 is 0 Å². The molecule has 8 heteroatoms. The van der Waals surface area contributed by atoms with E-state index in [-0.39, 0.29) is 17.2 Å². The summed E-state index contributed by atoms with van der Waals surface area (Å²) in [5.41, 5.74) is 1.08. The predicted molar refractivity (Wildman–Crippen MR) is 113 cm³/mol. The van der Waals surface area contributed by atoms with Crippen LogP contribution >= 0.6 is 0 Å². The van der Waals surface area contributed by atoms with Gasteiger partial charge in [0.2, 0.25) is 15.9 Å². The predicted octanol–water partition coefficient (Wildman–Crippen LogP) is 3.44. The Morgan fingerprint density at radius 3 is 2.24 bits per heavy atom. The zero-order valence-corrected chi connectivity index (χ0v) is 18.1. The summed E-state index contributed by atoms with van der Waals surface area (Å²) < 4.78 is 36.9. The van der Waals surface area contributed by atoms with Crippen LogP contribution in [0.1, 0.15) is 25.3 Å². The van der Waals surface area contributed by atoms with Crippen molar-refractivity contribution in [3.05, 3.63) is 48.0 Å². The van der Waals surface area contributed by atoms with Crippen LogP contribution in [0.3, 0.4) is 0 Å². The molecule has 29 heavy (non-hydrogen) atoms. The largest absolute Gasteiger partial charge is 0.494 e. The van der Waals surface area contributed by atoms with Gasteiger partial charge in [0.25, 0.3) is 0 Å². The van der Waals surface area contributed by atoms with Crippen molar-refractivity contribution < 1.29 is 22.7 Å². The number of carbonyl (C=O) groups excluding carboxylic acids is 1. The number of ether oxygens (including phenoxy) is 2. The topological polar surface area (TPSA) is 84.9 Å². The molecule has 0 saturated carbocycles. The molecule has 0 aliphatic rings.